The number of nitrogens with zero attached hydrogens (tertiary/aromatic N) is 1. The molecule has 2 rings (SSSR count). The van der Waals surface area contributed by atoms with Crippen LogP contribution >= 0.6 is 22.9 Å². The Morgan fingerprint density at radius 2 is 2.10 bits per heavy atom. The number of benzene rings is 1. The van der Waals surface area contributed by atoms with Gasteiger partial charge in [-0.3, -0.25) is 0 Å². The van der Waals surface area contributed by atoms with Gasteiger partial charge in [0.05, 0.1) is 21.3 Å². The Morgan fingerprint density at radius 3 is 2.65 bits per heavy atom. The largest absolute Gasteiger partial charge is 0.478 e. The zero-order valence-electron chi connectivity index (χ0n) is 11.6. The van der Waals surface area contributed by atoms with Crippen molar-refractivity contribution in [2.24, 2.45) is 0 Å². The molecule has 1 N–H and O–H groups in total. The van der Waals surface area contributed by atoms with Crippen LogP contribution in [-0.4, -0.2) is 16.1 Å². The van der Waals surface area contributed by atoms with Crippen molar-refractivity contribution in [2.75, 3.05) is 0 Å². The van der Waals surface area contributed by atoms with Crippen LogP contribution in [0.25, 0.3) is 0 Å². The van der Waals surface area contributed by atoms with Gasteiger partial charge < -0.3 is 5.11 Å². The Kier molecular flexibility index (Phi) is 4.16. The summed E-state index contributed by atoms with van der Waals surface area (Å²) in [5.41, 5.74) is 2.13. The van der Waals surface area contributed by atoms with Crippen LogP contribution in [0.5, 0.6) is 0 Å². The number of thiazole rings is 1. The number of hydrogen-bond acceptors (Lipinski definition) is 3. The average Bonchev–Trinajstić information content (AvgIpc) is 2.79. The zero-order valence-corrected chi connectivity index (χ0v) is 13.2. The topological polar surface area (TPSA) is 50.2 Å². The van der Waals surface area contributed by atoms with Gasteiger partial charge in [0, 0.05) is 17.2 Å². The van der Waals surface area contributed by atoms with Crippen molar-refractivity contribution in [1.29, 1.82) is 0 Å². The summed E-state index contributed by atoms with van der Waals surface area (Å²) in [5.74, 6) is -1.01. The van der Waals surface area contributed by atoms with E-state index >= 15 is 0 Å². The van der Waals surface area contributed by atoms with Gasteiger partial charge in [-0.2, -0.15) is 0 Å². The molecule has 106 valence electrons. The summed E-state index contributed by atoms with van der Waals surface area (Å²) in [4.78, 5) is 15.7. The van der Waals surface area contributed by atoms with Gasteiger partial charge >= 0.3 is 5.97 Å². The second kappa shape index (κ2) is 5.54. The van der Waals surface area contributed by atoms with Crippen molar-refractivity contribution in [1.82, 2.24) is 4.98 Å². The highest BCUT2D eigenvalue weighted by Gasteiger charge is 2.17. The molecule has 1 aromatic carbocycles. The molecule has 0 bridgehead atoms. The van der Waals surface area contributed by atoms with Crippen molar-refractivity contribution in [3.63, 3.8) is 0 Å². The van der Waals surface area contributed by atoms with E-state index in [9.17, 15) is 4.79 Å². The average molecular weight is 310 g/mol. The maximum Gasteiger partial charge on any atom is 0.337 e. The fourth-order valence-electron chi connectivity index (χ4n) is 1.76. The molecule has 20 heavy (non-hydrogen) atoms. The molecule has 0 aliphatic rings. The standard InChI is InChI=1S/C15H16ClNO2S/c1-15(2,3)12-8-20-13(17-12)7-9-4-5-11(16)10(6-9)14(18)19/h4-6,8H,7H2,1-3H3,(H,18,19). The molecule has 1 aromatic heterocycles. The zero-order chi connectivity index (χ0) is 14.9. The molecule has 1 heterocycles. The van der Waals surface area contributed by atoms with Gasteiger partial charge in [-0.05, 0) is 17.7 Å². The number of carboxylic acid groups (broad SMARTS) is 1. The van der Waals surface area contributed by atoms with Crippen LogP contribution in [0.2, 0.25) is 5.02 Å². The fourth-order valence-corrected chi connectivity index (χ4v) is 3.01. The third-order valence-corrected chi connectivity index (χ3v) is 4.12. The van der Waals surface area contributed by atoms with E-state index < -0.39 is 5.97 Å². The Labute approximate surface area is 127 Å². The van der Waals surface area contributed by atoms with E-state index in [0.717, 1.165) is 16.3 Å². The smallest absolute Gasteiger partial charge is 0.337 e. The van der Waals surface area contributed by atoms with Gasteiger partial charge in [0.1, 0.15) is 0 Å². The SMILES string of the molecule is CC(C)(C)c1csc(Cc2ccc(Cl)c(C(=O)O)c2)n1. The van der Waals surface area contributed by atoms with Crippen LogP contribution in [-0.2, 0) is 11.8 Å². The number of aromatic nitrogens is 1. The number of carboxylic acids is 1. The summed E-state index contributed by atoms with van der Waals surface area (Å²) < 4.78 is 0. The Morgan fingerprint density at radius 1 is 1.40 bits per heavy atom. The summed E-state index contributed by atoms with van der Waals surface area (Å²) in [6.07, 6.45) is 0.623. The van der Waals surface area contributed by atoms with Crippen LogP contribution in [0.15, 0.2) is 23.6 Å². The molecule has 0 amide bonds. The summed E-state index contributed by atoms with van der Waals surface area (Å²) >= 11 is 7.46. The summed E-state index contributed by atoms with van der Waals surface area (Å²) in [6.45, 7) is 6.37. The minimum absolute atomic E-state index is 0.0287. The highest BCUT2D eigenvalue weighted by Crippen LogP contribution is 2.26. The second-order valence-corrected chi connectivity index (χ2v) is 7.02. The van der Waals surface area contributed by atoms with Gasteiger partial charge in [-0.15, -0.1) is 11.3 Å². The maximum atomic E-state index is 11.1. The monoisotopic (exact) mass is 309 g/mol. The second-order valence-electron chi connectivity index (χ2n) is 5.67. The molecule has 0 unspecified atom stereocenters. The Bertz CT molecular complexity index is 644. The van der Waals surface area contributed by atoms with Crippen molar-refractivity contribution >= 4 is 28.9 Å². The van der Waals surface area contributed by atoms with E-state index in [1.54, 1.807) is 23.5 Å². The lowest BCUT2D eigenvalue weighted by Crippen LogP contribution is -2.11. The van der Waals surface area contributed by atoms with Crippen LogP contribution < -0.4 is 0 Å². The number of carbonyl (C=O) groups is 1. The lowest BCUT2D eigenvalue weighted by molar-refractivity contribution is 0.0697. The molecule has 0 atom stereocenters. The molecule has 0 fully saturated rings. The molecule has 0 spiro atoms. The lowest BCUT2D eigenvalue weighted by Gasteiger charge is -2.14. The van der Waals surface area contributed by atoms with Crippen LogP contribution in [0.4, 0.5) is 0 Å². The van der Waals surface area contributed by atoms with Crippen molar-refractivity contribution < 1.29 is 9.90 Å². The quantitative estimate of drug-likeness (QED) is 0.915. The van der Waals surface area contributed by atoms with Crippen LogP contribution in [0, 0.1) is 0 Å². The lowest BCUT2D eigenvalue weighted by atomic mass is 9.93. The third kappa shape index (κ3) is 3.38. The molecule has 0 saturated carbocycles. The summed E-state index contributed by atoms with van der Waals surface area (Å²) in [7, 11) is 0. The van der Waals surface area contributed by atoms with Crippen molar-refractivity contribution in [3.8, 4) is 0 Å². The highest BCUT2D eigenvalue weighted by atomic mass is 35.5. The molecule has 2 aromatic rings. The first-order chi connectivity index (χ1) is 9.27. The van der Waals surface area contributed by atoms with E-state index in [4.69, 9.17) is 16.7 Å². The van der Waals surface area contributed by atoms with Crippen molar-refractivity contribution in [3.05, 3.63) is 50.4 Å². The summed E-state index contributed by atoms with van der Waals surface area (Å²) in [6, 6.07) is 5.08. The molecule has 0 saturated heterocycles. The Balaban J connectivity index is 2.24. The summed E-state index contributed by atoms with van der Waals surface area (Å²) in [5, 5.41) is 12.4. The first kappa shape index (κ1) is 15.0. The molecule has 3 nitrogen and oxygen atoms in total. The normalized spacial score (nSPS) is 11.6. The minimum atomic E-state index is -1.01. The van der Waals surface area contributed by atoms with Gasteiger partial charge in [0.25, 0.3) is 0 Å². The maximum absolute atomic E-state index is 11.1. The van der Waals surface area contributed by atoms with E-state index in [0.29, 0.717) is 6.42 Å². The first-order valence-corrected chi connectivity index (χ1v) is 7.50. The molecule has 5 heteroatoms. The van der Waals surface area contributed by atoms with E-state index in [2.05, 4.69) is 31.1 Å². The van der Waals surface area contributed by atoms with Gasteiger partial charge in [-0.1, -0.05) is 38.4 Å². The number of halogens is 1. The number of rotatable bonds is 3. The third-order valence-electron chi connectivity index (χ3n) is 2.94. The highest BCUT2D eigenvalue weighted by molar-refractivity contribution is 7.09. The predicted molar refractivity (Wildman–Crippen MR) is 82.0 cm³/mol. The first-order valence-electron chi connectivity index (χ1n) is 6.24. The van der Waals surface area contributed by atoms with E-state index in [1.807, 2.05) is 6.07 Å². The van der Waals surface area contributed by atoms with Crippen molar-refractivity contribution in [2.45, 2.75) is 32.6 Å². The predicted octanol–water partition coefficient (Wildman–Crippen LogP) is 4.38. The molecular weight excluding hydrogens is 294 g/mol. The van der Waals surface area contributed by atoms with Gasteiger partial charge in [-0.25, -0.2) is 9.78 Å². The fraction of sp³-hybridized carbons (Fsp3) is 0.333. The molecule has 0 radical (unpaired) electrons. The molecular formula is C15H16ClNO2S. The van der Waals surface area contributed by atoms with E-state index in [1.165, 1.54) is 0 Å². The van der Waals surface area contributed by atoms with Crippen LogP contribution in [0.3, 0.4) is 0 Å². The molecule has 0 aliphatic heterocycles. The Hall–Kier alpha value is -1.39. The van der Waals surface area contributed by atoms with Gasteiger partial charge in [0.2, 0.25) is 0 Å². The van der Waals surface area contributed by atoms with E-state index in [-0.39, 0.29) is 16.0 Å². The van der Waals surface area contributed by atoms with Gasteiger partial charge in [0.15, 0.2) is 0 Å². The number of aromatic carboxylic acids is 1. The molecule has 0 aliphatic carbocycles. The minimum Gasteiger partial charge on any atom is -0.478 e. The number of hydrogen-bond donors (Lipinski definition) is 1. The van der Waals surface area contributed by atoms with Crippen LogP contribution in [0.1, 0.15) is 47.4 Å².